The number of carbonyl (C=O) groups excluding carboxylic acids is 1. The van der Waals surface area contributed by atoms with Crippen molar-refractivity contribution in [3.8, 4) is 0 Å². The summed E-state index contributed by atoms with van der Waals surface area (Å²) in [5.74, 6) is 0. The average Bonchev–Trinajstić information content (AvgIpc) is 2.28. The maximum Gasteiger partial charge on any atom is 0.333 e. The molecule has 17 heavy (non-hydrogen) atoms. The predicted molar refractivity (Wildman–Crippen MR) is 66.1 cm³/mol. The Morgan fingerprint density at radius 3 is 2.59 bits per heavy atom. The third-order valence-electron chi connectivity index (χ3n) is 1.91. The van der Waals surface area contributed by atoms with Crippen LogP contribution in [-0.4, -0.2) is 23.0 Å². The summed E-state index contributed by atoms with van der Waals surface area (Å²) < 4.78 is 0. The highest BCUT2D eigenvalue weighted by molar-refractivity contribution is 5.89. The maximum atomic E-state index is 11.5. The topological polar surface area (TPSA) is 85.8 Å². The lowest BCUT2D eigenvalue weighted by atomic mass is 10.1. The Bertz CT molecular complexity index is 390. The van der Waals surface area contributed by atoms with Gasteiger partial charge in [0.25, 0.3) is 0 Å². The molecule has 0 spiro atoms. The molecule has 0 aliphatic carbocycles. The minimum absolute atomic E-state index is 0.393. The lowest BCUT2D eigenvalue weighted by Crippen LogP contribution is -2.52. The molecule has 0 fully saturated rings. The third-order valence-corrected chi connectivity index (χ3v) is 1.91. The SMILES string of the molecule is CC(C)(/C=N\O)NNC(=O)Nc1ccccc1. The van der Waals surface area contributed by atoms with Crippen LogP contribution in [0.4, 0.5) is 10.5 Å². The molecule has 4 N–H and O–H groups in total. The number of anilines is 1. The van der Waals surface area contributed by atoms with Gasteiger partial charge >= 0.3 is 6.03 Å². The molecule has 0 saturated heterocycles. The Morgan fingerprint density at radius 2 is 2.00 bits per heavy atom. The van der Waals surface area contributed by atoms with E-state index in [9.17, 15) is 4.79 Å². The Hall–Kier alpha value is -2.08. The number of carbonyl (C=O) groups is 1. The fourth-order valence-electron chi connectivity index (χ4n) is 1.08. The Balaban J connectivity index is 2.41. The quantitative estimate of drug-likeness (QED) is 0.363. The van der Waals surface area contributed by atoms with E-state index >= 15 is 0 Å². The van der Waals surface area contributed by atoms with Crippen LogP contribution in [0, 0.1) is 0 Å². The highest BCUT2D eigenvalue weighted by Crippen LogP contribution is 2.04. The molecule has 6 nitrogen and oxygen atoms in total. The summed E-state index contributed by atoms with van der Waals surface area (Å²) in [6.45, 7) is 3.49. The van der Waals surface area contributed by atoms with E-state index in [0.29, 0.717) is 5.69 Å². The van der Waals surface area contributed by atoms with Crippen LogP contribution in [0.3, 0.4) is 0 Å². The van der Waals surface area contributed by atoms with Crippen molar-refractivity contribution in [3.05, 3.63) is 30.3 Å². The molecule has 0 radical (unpaired) electrons. The van der Waals surface area contributed by atoms with Crippen LogP contribution >= 0.6 is 0 Å². The molecule has 1 rings (SSSR count). The lowest BCUT2D eigenvalue weighted by molar-refractivity contribution is 0.244. The van der Waals surface area contributed by atoms with Gasteiger partial charge in [0.05, 0.1) is 11.8 Å². The van der Waals surface area contributed by atoms with Crippen LogP contribution in [0.25, 0.3) is 0 Å². The molecule has 0 saturated carbocycles. The van der Waals surface area contributed by atoms with Crippen molar-refractivity contribution >= 4 is 17.9 Å². The van der Waals surface area contributed by atoms with Crippen molar-refractivity contribution in [3.63, 3.8) is 0 Å². The van der Waals surface area contributed by atoms with Crippen LogP contribution < -0.4 is 16.2 Å². The fourth-order valence-corrected chi connectivity index (χ4v) is 1.08. The van der Waals surface area contributed by atoms with Gasteiger partial charge < -0.3 is 10.5 Å². The van der Waals surface area contributed by atoms with Crippen LogP contribution in [0.2, 0.25) is 0 Å². The summed E-state index contributed by atoms with van der Waals surface area (Å²) in [6.07, 6.45) is 1.27. The number of hydrazine groups is 1. The van der Waals surface area contributed by atoms with Crippen molar-refractivity contribution in [1.82, 2.24) is 10.9 Å². The van der Waals surface area contributed by atoms with Gasteiger partial charge in [-0.25, -0.2) is 10.2 Å². The van der Waals surface area contributed by atoms with Crippen molar-refractivity contribution in [1.29, 1.82) is 0 Å². The standard InChI is InChI=1S/C11H16N4O2/c1-11(2,8-12-17)15-14-10(16)13-9-6-4-3-5-7-9/h3-8,15,17H,1-2H3,(H2,13,14,16)/b12-8-. The number of hydrogen-bond acceptors (Lipinski definition) is 4. The first-order valence-electron chi connectivity index (χ1n) is 5.11. The van der Waals surface area contributed by atoms with E-state index in [-0.39, 0.29) is 0 Å². The van der Waals surface area contributed by atoms with E-state index in [1.807, 2.05) is 18.2 Å². The summed E-state index contributed by atoms with van der Waals surface area (Å²) in [5, 5.41) is 14.0. The molecule has 0 aliphatic heterocycles. The molecule has 0 unspecified atom stereocenters. The molecular weight excluding hydrogens is 220 g/mol. The Labute approximate surface area is 99.7 Å². The number of hydrogen-bond donors (Lipinski definition) is 4. The number of para-hydroxylation sites is 1. The van der Waals surface area contributed by atoms with E-state index < -0.39 is 11.6 Å². The zero-order valence-electron chi connectivity index (χ0n) is 9.77. The molecule has 2 amide bonds. The number of benzene rings is 1. The van der Waals surface area contributed by atoms with Crippen molar-refractivity contribution in [2.24, 2.45) is 5.16 Å². The highest BCUT2D eigenvalue weighted by Gasteiger charge is 2.15. The number of rotatable bonds is 4. The molecule has 1 aromatic carbocycles. The number of oxime groups is 1. The molecule has 0 aromatic heterocycles. The fraction of sp³-hybridized carbons (Fsp3) is 0.273. The number of nitrogens with zero attached hydrogens (tertiary/aromatic N) is 1. The maximum absolute atomic E-state index is 11.5. The van der Waals surface area contributed by atoms with Crippen molar-refractivity contribution in [2.45, 2.75) is 19.4 Å². The molecule has 0 atom stereocenters. The molecule has 92 valence electrons. The van der Waals surface area contributed by atoms with Gasteiger partial charge in [0, 0.05) is 5.69 Å². The van der Waals surface area contributed by atoms with Gasteiger partial charge in [-0.15, -0.1) is 5.16 Å². The van der Waals surface area contributed by atoms with E-state index in [1.165, 1.54) is 6.21 Å². The van der Waals surface area contributed by atoms with Crippen LogP contribution in [-0.2, 0) is 0 Å². The Morgan fingerprint density at radius 1 is 1.35 bits per heavy atom. The van der Waals surface area contributed by atoms with Gasteiger partial charge in [0.15, 0.2) is 0 Å². The minimum Gasteiger partial charge on any atom is -0.411 e. The third kappa shape index (κ3) is 4.98. The van der Waals surface area contributed by atoms with E-state index in [2.05, 4.69) is 21.3 Å². The van der Waals surface area contributed by atoms with Gasteiger partial charge in [0.1, 0.15) is 0 Å². The average molecular weight is 236 g/mol. The largest absolute Gasteiger partial charge is 0.411 e. The number of nitrogens with one attached hydrogen (secondary N) is 3. The van der Waals surface area contributed by atoms with E-state index in [4.69, 9.17) is 5.21 Å². The molecule has 0 bridgehead atoms. The minimum atomic E-state index is -0.636. The smallest absolute Gasteiger partial charge is 0.333 e. The molecule has 6 heteroatoms. The molecular formula is C11H16N4O2. The van der Waals surface area contributed by atoms with Crippen LogP contribution in [0.5, 0.6) is 0 Å². The normalized spacial score (nSPS) is 11.4. The summed E-state index contributed by atoms with van der Waals surface area (Å²) in [7, 11) is 0. The monoisotopic (exact) mass is 236 g/mol. The first-order chi connectivity index (χ1) is 8.03. The van der Waals surface area contributed by atoms with E-state index in [1.54, 1.807) is 26.0 Å². The summed E-state index contributed by atoms with van der Waals surface area (Å²) >= 11 is 0. The summed E-state index contributed by atoms with van der Waals surface area (Å²) in [5.41, 5.74) is 5.22. The first-order valence-corrected chi connectivity index (χ1v) is 5.11. The summed E-state index contributed by atoms with van der Waals surface area (Å²) in [6, 6.07) is 8.68. The second-order valence-electron chi connectivity index (χ2n) is 4.04. The van der Waals surface area contributed by atoms with Gasteiger partial charge in [-0.1, -0.05) is 18.2 Å². The van der Waals surface area contributed by atoms with E-state index in [0.717, 1.165) is 0 Å². The van der Waals surface area contributed by atoms with Gasteiger partial charge in [-0.2, -0.15) is 0 Å². The van der Waals surface area contributed by atoms with Crippen LogP contribution in [0.15, 0.2) is 35.5 Å². The van der Waals surface area contributed by atoms with Gasteiger partial charge in [-0.05, 0) is 26.0 Å². The first kappa shape index (κ1) is 13.0. The zero-order chi connectivity index (χ0) is 12.7. The highest BCUT2D eigenvalue weighted by atomic mass is 16.4. The molecule has 0 aliphatic rings. The van der Waals surface area contributed by atoms with Crippen molar-refractivity contribution < 1.29 is 10.0 Å². The molecule has 0 heterocycles. The second-order valence-corrected chi connectivity index (χ2v) is 4.04. The second kappa shape index (κ2) is 5.86. The zero-order valence-corrected chi connectivity index (χ0v) is 9.77. The number of amides is 2. The molecule has 1 aromatic rings. The predicted octanol–water partition coefficient (Wildman–Crippen LogP) is 1.55. The lowest BCUT2D eigenvalue weighted by Gasteiger charge is -2.21. The van der Waals surface area contributed by atoms with Gasteiger partial charge in [0.2, 0.25) is 0 Å². The van der Waals surface area contributed by atoms with Gasteiger partial charge in [-0.3, -0.25) is 5.43 Å². The summed E-state index contributed by atoms with van der Waals surface area (Å²) in [4.78, 5) is 11.5. The number of urea groups is 1. The van der Waals surface area contributed by atoms with Crippen LogP contribution in [0.1, 0.15) is 13.8 Å². The van der Waals surface area contributed by atoms with Crippen molar-refractivity contribution in [2.75, 3.05) is 5.32 Å². The Kier molecular flexibility index (Phi) is 4.47.